The van der Waals surface area contributed by atoms with Gasteiger partial charge in [0.15, 0.2) is 0 Å². The minimum atomic E-state index is 0.595. The summed E-state index contributed by atoms with van der Waals surface area (Å²) < 4.78 is 0. The molecule has 2 rings (SSSR count). The minimum absolute atomic E-state index is 0.595. The van der Waals surface area contributed by atoms with Gasteiger partial charge in [0.25, 0.3) is 0 Å². The first-order valence-electron chi connectivity index (χ1n) is 8.23. The third-order valence-corrected chi connectivity index (χ3v) is 4.66. The standard InChI is InChI=1S/C18H30N2/c1-5-15(4)17(19-6-2)13-20-11-7-8-16-12-14(3)9-10-18(16)20/h9-10,12,15,17,19H,5-8,11,13H2,1-4H3. The van der Waals surface area contributed by atoms with Crippen LogP contribution in [-0.4, -0.2) is 25.7 Å². The Bertz CT molecular complexity index is 427. The van der Waals surface area contributed by atoms with Gasteiger partial charge < -0.3 is 10.2 Å². The highest BCUT2D eigenvalue weighted by Gasteiger charge is 2.22. The van der Waals surface area contributed by atoms with Crippen molar-refractivity contribution < 1.29 is 0 Å². The van der Waals surface area contributed by atoms with E-state index in [1.165, 1.54) is 42.6 Å². The second-order valence-corrected chi connectivity index (χ2v) is 6.23. The zero-order valence-corrected chi connectivity index (χ0v) is 13.6. The Morgan fingerprint density at radius 1 is 1.30 bits per heavy atom. The van der Waals surface area contributed by atoms with Crippen molar-refractivity contribution in [3.63, 3.8) is 0 Å². The van der Waals surface area contributed by atoms with Gasteiger partial charge in [-0.3, -0.25) is 0 Å². The molecular weight excluding hydrogens is 244 g/mol. The fourth-order valence-electron chi connectivity index (χ4n) is 3.22. The van der Waals surface area contributed by atoms with E-state index in [0.29, 0.717) is 6.04 Å². The fraction of sp³-hybridized carbons (Fsp3) is 0.667. The van der Waals surface area contributed by atoms with Crippen molar-refractivity contribution in [2.24, 2.45) is 5.92 Å². The summed E-state index contributed by atoms with van der Waals surface area (Å²) in [6, 6.07) is 7.54. The summed E-state index contributed by atoms with van der Waals surface area (Å²) in [6.45, 7) is 12.5. The Hall–Kier alpha value is -1.02. The van der Waals surface area contributed by atoms with Crippen LogP contribution in [0.25, 0.3) is 0 Å². The molecule has 0 saturated heterocycles. The van der Waals surface area contributed by atoms with Gasteiger partial charge >= 0.3 is 0 Å². The van der Waals surface area contributed by atoms with E-state index >= 15 is 0 Å². The van der Waals surface area contributed by atoms with E-state index in [1.54, 1.807) is 0 Å². The van der Waals surface area contributed by atoms with Gasteiger partial charge in [-0.1, -0.05) is 44.9 Å². The summed E-state index contributed by atoms with van der Waals surface area (Å²) in [5, 5.41) is 3.68. The van der Waals surface area contributed by atoms with Gasteiger partial charge in [-0.25, -0.2) is 0 Å². The minimum Gasteiger partial charge on any atom is -0.370 e. The lowest BCUT2D eigenvalue weighted by Gasteiger charge is -2.36. The van der Waals surface area contributed by atoms with E-state index in [2.05, 4.69) is 56.1 Å². The summed E-state index contributed by atoms with van der Waals surface area (Å²) >= 11 is 0. The van der Waals surface area contributed by atoms with Crippen LogP contribution in [0.1, 0.15) is 44.7 Å². The number of likely N-dealkylation sites (N-methyl/N-ethyl adjacent to an activating group) is 1. The van der Waals surface area contributed by atoms with Crippen molar-refractivity contribution in [1.29, 1.82) is 0 Å². The number of fused-ring (bicyclic) bond motifs is 1. The first-order valence-corrected chi connectivity index (χ1v) is 8.23. The quantitative estimate of drug-likeness (QED) is 0.849. The number of aryl methyl sites for hydroxylation is 2. The summed E-state index contributed by atoms with van der Waals surface area (Å²) in [4.78, 5) is 2.60. The molecule has 2 unspecified atom stereocenters. The molecule has 1 aliphatic heterocycles. The lowest BCUT2D eigenvalue weighted by atomic mass is 9.95. The number of rotatable bonds is 6. The van der Waals surface area contributed by atoms with Crippen molar-refractivity contribution >= 4 is 5.69 Å². The second-order valence-electron chi connectivity index (χ2n) is 6.23. The molecule has 1 N–H and O–H groups in total. The number of nitrogens with one attached hydrogen (secondary N) is 1. The highest BCUT2D eigenvalue weighted by molar-refractivity contribution is 5.56. The molecule has 1 aromatic carbocycles. The SMILES string of the molecule is CCNC(CN1CCCc2cc(C)ccc21)C(C)CC. The van der Waals surface area contributed by atoms with Crippen molar-refractivity contribution in [3.8, 4) is 0 Å². The highest BCUT2D eigenvalue weighted by atomic mass is 15.2. The summed E-state index contributed by atoms with van der Waals surface area (Å²) in [6.07, 6.45) is 3.77. The zero-order valence-electron chi connectivity index (χ0n) is 13.6. The van der Waals surface area contributed by atoms with E-state index in [-0.39, 0.29) is 0 Å². The molecule has 0 radical (unpaired) electrons. The average molecular weight is 274 g/mol. The molecule has 0 aliphatic carbocycles. The van der Waals surface area contributed by atoms with Gasteiger partial charge in [-0.15, -0.1) is 0 Å². The van der Waals surface area contributed by atoms with Crippen LogP contribution >= 0.6 is 0 Å². The normalized spacial score (nSPS) is 17.7. The first-order chi connectivity index (χ1) is 9.65. The van der Waals surface area contributed by atoms with Crippen LogP contribution in [0.2, 0.25) is 0 Å². The fourth-order valence-corrected chi connectivity index (χ4v) is 3.22. The van der Waals surface area contributed by atoms with Crippen LogP contribution in [-0.2, 0) is 6.42 Å². The monoisotopic (exact) mass is 274 g/mol. The molecule has 2 nitrogen and oxygen atoms in total. The summed E-state index contributed by atoms with van der Waals surface area (Å²) in [5.41, 5.74) is 4.39. The van der Waals surface area contributed by atoms with Gasteiger partial charge in [0, 0.05) is 24.8 Å². The van der Waals surface area contributed by atoms with Crippen molar-refractivity contribution in [1.82, 2.24) is 5.32 Å². The van der Waals surface area contributed by atoms with E-state index < -0.39 is 0 Å². The Morgan fingerprint density at radius 3 is 2.80 bits per heavy atom. The Kier molecular flexibility index (Phi) is 5.47. The number of benzene rings is 1. The largest absolute Gasteiger partial charge is 0.370 e. The maximum Gasteiger partial charge on any atom is 0.0399 e. The molecule has 1 aromatic rings. The summed E-state index contributed by atoms with van der Waals surface area (Å²) in [7, 11) is 0. The zero-order chi connectivity index (χ0) is 14.5. The lowest BCUT2D eigenvalue weighted by Crippen LogP contribution is -2.46. The molecule has 2 heteroatoms. The first kappa shape index (κ1) is 15.4. The number of nitrogens with zero attached hydrogens (tertiary/aromatic N) is 1. The Balaban J connectivity index is 2.13. The second kappa shape index (κ2) is 7.12. The van der Waals surface area contributed by atoms with Gasteiger partial charge in [-0.05, 0) is 43.9 Å². The third kappa shape index (κ3) is 3.54. The highest BCUT2D eigenvalue weighted by Crippen LogP contribution is 2.28. The topological polar surface area (TPSA) is 15.3 Å². The maximum absolute atomic E-state index is 3.68. The number of anilines is 1. The average Bonchev–Trinajstić information content (AvgIpc) is 2.45. The van der Waals surface area contributed by atoms with Crippen LogP contribution < -0.4 is 10.2 Å². The number of hydrogen-bond acceptors (Lipinski definition) is 2. The molecule has 20 heavy (non-hydrogen) atoms. The van der Waals surface area contributed by atoms with Crippen LogP contribution in [0.3, 0.4) is 0 Å². The number of hydrogen-bond donors (Lipinski definition) is 1. The van der Waals surface area contributed by atoms with Crippen molar-refractivity contribution in [2.75, 3.05) is 24.5 Å². The van der Waals surface area contributed by atoms with Crippen LogP contribution in [0, 0.1) is 12.8 Å². The van der Waals surface area contributed by atoms with E-state index in [9.17, 15) is 0 Å². The Labute approximate surface area is 124 Å². The van der Waals surface area contributed by atoms with Crippen LogP contribution in [0.15, 0.2) is 18.2 Å². The molecular formula is C18H30N2. The molecule has 2 atom stereocenters. The Morgan fingerprint density at radius 2 is 2.10 bits per heavy atom. The summed E-state index contributed by atoms with van der Waals surface area (Å²) in [5.74, 6) is 0.728. The molecule has 0 amide bonds. The van der Waals surface area contributed by atoms with Gasteiger partial charge in [-0.2, -0.15) is 0 Å². The van der Waals surface area contributed by atoms with Crippen LogP contribution in [0.5, 0.6) is 0 Å². The molecule has 1 heterocycles. The third-order valence-electron chi connectivity index (χ3n) is 4.66. The van der Waals surface area contributed by atoms with Gasteiger partial charge in [0.2, 0.25) is 0 Å². The molecule has 0 spiro atoms. The molecule has 0 fully saturated rings. The maximum atomic E-state index is 3.68. The smallest absolute Gasteiger partial charge is 0.0399 e. The molecule has 1 aliphatic rings. The van der Waals surface area contributed by atoms with E-state index in [1.807, 2.05) is 0 Å². The molecule has 112 valence electrons. The van der Waals surface area contributed by atoms with E-state index in [4.69, 9.17) is 0 Å². The predicted octanol–water partition coefficient (Wildman–Crippen LogP) is 3.77. The predicted molar refractivity (Wildman–Crippen MR) is 88.6 cm³/mol. The molecule has 0 bridgehead atoms. The van der Waals surface area contributed by atoms with Crippen molar-refractivity contribution in [3.05, 3.63) is 29.3 Å². The van der Waals surface area contributed by atoms with Gasteiger partial charge in [0.1, 0.15) is 0 Å². The van der Waals surface area contributed by atoms with Gasteiger partial charge in [0.05, 0.1) is 0 Å². The molecule has 0 saturated carbocycles. The lowest BCUT2D eigenvalue weighted by molar-refractivity contribution is 0.370. The van der Waals surface area contributed by atoms with Crippen LogP contribution in [0.4, 0.5) is 5.69 Å². The van der Waals surface area contributed by atoms with E-state index in [0.717, 1.165) is 19.0 Å². The van der Waals surface area contributed by atoms with Crippen molar-refractivity contribution in [2.45, 2.75) is 53.0 Å². The molecule has 0 aromatic heterocycles.